The van der Waals surface area contributed by atoms with Crippen molar-refractivity contribution in [3.8, 4) is 22.8 Å². The van der Waals surface area contributed by atoms with Crippen molar-refractivity contribution in [1.29, 1.82) is 0 Å². The molecule has 0 aliphatic rings. The molecular formula is C36H40N6Pt. The Morgan fingerprint density at radius 1 is 0.558 bits per heavy atom. The first-order valence-corrected chi connectivity index (χ1v) is 14.5. The molecule has 0 saturated heterocycles. The third-order valence-corrected chi connectivity index (χ3v) is 7.36. The van der Waals surface area contributed by atoms with Gasteiger partial charge in [-0.3, -0.25) is 9.97 Å². The number of benzene rings is 2. The first kappa shape index (κ1) is 32.3. The van der Waals surface area contributed by atoms with Crippen LogP contribution in [-0.4, -0.2) is 20.2 Å². The zero-order chi connectivity index (χ0) is 30.3. The summed E-state index contributed by atoms with van der Waals surface area (Å²) < 4.78 is 0. The van der Waals surface area contributed by atoms with E-state index in [-0.39, 0.29) is 37.3 Å². The first-order valence-electron chi connectivity index (χ1n) is 14.5. The van der Waals surface area contributed by atoms with E-state index in [0.717, 1.165) is 44.9 Å². The molecule has 4 aromatic heterocycles. The monoisotopic (exact) mass is 751 g/mol. The second kappa shape index (κ2) is 12.2. The van der Waals surface area contributed by atoms with Gasteiger partial charge in [0.1, 0.15) is 0 Å². The minimum absolute atomic E-state index is 0. The fraction of sp³-hybridized carbons (Fsp3) is 0.333. The molecule has 6 nitrogen and oxygen atoms in total. The topological polar surface area (TPSA) is 79.8 Å². The smallest absolute Gasteiger partial charge is 0.573 e. The number of nitrogens with zero attached hydrogens (tertiary/aromatic N) is 6. The third-order valence-electron chi connectivity index (χ3n) is 7.36. The van der Waals surface area contributed by atoms with Crippen LogP contribution in [0.5, 0.6) is 0 Å². The van der Waals surface area contributed by atoms with Crippen LogP contribution >= 0.6 is 0 Å². The van der Waals surface area contributed by atoms with Gasteiger partial charge in [-0.2, -0.15) is 0 Å². The number of rotatable bonds is 2. The van der Waals surface area contributed by atoms with Gasteiger partial charge in [-0.25, -0.2) is 0 Å². The van der Waals surface area contributed by atoms with Crippen LogP contribution in [0.15, 0.2) is 79.1 Å². The number of hydrogen-bond acceptors (Lipinski definition) is 4. The molecule has 0 unspecified atom stereocenters. The van der Waals surface area contributed by atoms with Crippen molar-refractivity contribution in [2.45, 2.75) is 78.6 Å². The molecule has 0 radical (unpaired) electrons. The number of hydrogen-bond donors (Lipinski definition) is 0. The molecule has 0 amide bonds. The summed E-state index contributed by atoms with van der Waals surface area (Å²) >= 11 is 0. The van der Waals surface area contributed by atoms with Crippen LogP contribution < -0.4 is 10.2 Å². The summed E-state index contributed by atoms with van der Waals surface area (Å²) in [5.74, 6) is 0. The predicted octanol–water partition coefficient (Wildman–Crippen LogP) is 8.40. The van der Waals surface area contributed by atoms with Gasteiger partial charge in [-0.05, 0) is 57.5 Å². The molecule has 0 aliphatic carbocycles. The van der Waals surface area contributed by atoms with E-state index in [9.17, 15) is 0 Å². The summed E-state index contributed by atoms with van der Waals surface area (Å²) in [7, 11) is 0. The molecule has 0 spiro atoms. The maximum atomic E-state index is 5.03. The minimum atomic E-state index is -0.0792. The molecule has 0 bridgehead atoms. The molecule has 2 aromatic carbocycles. The van der Waals surface area contributed by atoms with Crippen molar-refractivity contribution < 1.29 is 21.1 Å². The van der Waals surface area contributed by atoms with E-state index in [0.29, 0.717) is 0 Å². The molecule has 6 aromatic rings. The van der Waals surface area contributed by atoms with Gasteiger partial charge in [0.25, 0.3) is 0 Å². The van der Waals surface area contributed by atoms with E-state index in [4.69, 9.17) is 4.98 Å². The number of aromatic nitrogens is 6. The molecule has 0 fully saturated rings. The summed E-state index contributed by atoms with van der Waals surface area (Å²) in [6.07, 6.45) is 3.67. The maximum absolute atomic E-state index is 5.03. The Balaban J connectivity index is 0.000000329. The Labute approximate surface area is 269 Å². The Morgan fingerprint density at radius 2 is 1.09 bits per heavy atom. The molecule has 0 atom stereocenters. The van der Waals surface area contributed by atoms with E-state index >= 15 is 0 Å². The van der Waals surface area contributed by atoms with E-state index in [2.05, 4.69) is 148 Å². The SMILES string of the molecule is CC(C)(C)c1cc(-c2cc3cc4ccccc4cc3c(-c3cc(C(C)(C)C)n[n-]3)n2)[n-]n1.CC(C)(C)c1ccncc1.[Pt+2]. The zero-order valence-corrected chi connectivity index (χ0v) is 28.8. The van der Waals surface area contributed by atoms with Crippen molar-refractivity contribution in [2.75, 3.05) is 0 Å². The van der Waals surface area contributed by atoms with Gasteiger partial charge in [0.15, 0.2) is 0 Å². The van der Waals surface area contributed by atoms with Gasteiger partial charge >= 0.3 is 21.1 Å². The molecule has 4 heterocycles. The van der Waals surface area contributed by atoms with Crippen LogP contribution in [0.1, 0.15) is 79.3 Å². The van der Waals surface area contributed by atoms with Crippen molar-refractivity contribution in [3.05, 3.63) is 96.1 Å². The van der Waals surface area contributed by atoms with Gasteiger partial charge in [0.2, 0.25) is 0 Å². The van der Waals surface area contributed by atoms with Crippen molar-refractivity contribution in [3.63, 3.8) is 0 Å². The summed E-state index contributed by atoms with van der Waals surface area (Å²) in [5.41, 5.74) is 6.54. The van der Waals surface area contributed by atoms with Crippen molar-refractivity contribution in [1.82, 2.24) is 30.4 Å². The maximum Gasteiger partial charge on any atom is 2.00 e. The molecule has 0 saturated carbocycles. The molecule has 6 rings (SSSR count). The predicted molar refractivity (Wildman–Crippen MR) is 173 cm³/mol. The molecule has 224 valence electrons. The Hall–Kier alpha value is -3.63. The molecule has 0 N–H and O–H groups in total. The van der Waals surface area contributed by atoms with Crippen LogP contribution in [0.4, 0.5) is 0 Å². The Kier molecular flexibility index (Phi) is 9.13. The first-order chi connectivity index (χ1) is 19.7. The molecular weight excluding hydrogens is 712 g/mol. The van der Waals surface area contributed by atoms with Crippen LogP contribution in [-0.2, 0) is 37.3 Å². The fourth-order valence-electron chi connectivity index (χ4n) is 4.68. The normalized spacial score (nSPS) is 12.1. The summed E-state index contributed by atoms with van der Waals surface area (Å²) in [6, 6.07) is 23.1. The summed E-state index contributed by atoms with van der Waals surface area (Å²) in [5, 5.41) is 22.4. The second-order valence-corrected chi connectivity index (χ2v) is 14.0. The number of fused-ring (bicyclic) bond motifs is 2. The molecule has 0 aliphatic heterocycles. The van der Waals surface area contributed by atoms with Crippen LogP contribution in [0.2, 0.25) is 0 Å². The summed E-state index contributed by atoms with van der Waals surface area (Å²) in [6.45, 7) is 19.4. The average molecular weight is 752 g/mol. The standard InChI is InChI=1S/C27H27N5.C9H13N.Pt/c1-26(2,3)23-14-21(29-31-23)20-13-18-11-16-9-7-8-10-17(16)12-19(18)25(28-20)22-15-24(32-30-22)27(4,5)6;1-9(2,3)8-4-6-10-7-5-8;/h7-15H,1-6H3;4-7H,1-3H3;/q-2;;+2. The second-order valence-electron chi connectivity index (χ2n) is 14.0. The molecule has 43 heavy (non-hydrogen) atoms. The van der Waals surface area contributed by atoms with E-state index in [1.54, 1.807) is 0 Å². The van der Waals surface area contributed by atoms with Crippen molar-refractivity contribution in [2.24, 2.45) is 0 Å². The zero-order valence-electron chi connectivity index (χ0n) is 26.5. The van der Waals surface area contributed by atoms with E-state index in [1.165, 1.54) is 16.3 Å². The van der Waals surface area contributed by atoms with Gasteiger partial charge in [-0.15, -0.1) is 0 Å². The van der Waals surface area contributed by atoms with Gasteiger partial charge in [0, 0.05) is 40.0 Å². The average Bonchev–Trinajstić information content (AvgIpc) is 3.63. The quantitative estimate of drug-likeness (QED) is 0.166. The van der Waals surface area contributed by atoms with Crippen LogP contribution in [0, 0.1) is 0 Å². The van der Waals surface area contributed by atoms with Crippen LogP contribution in [0.25, 0.3) is 44.3 Å². The molecule has 7 heteroatoms. The summed E-state index contributed by atoms with van der Waals surface area (Å²) in [4.78, 5) is 8.99. The van der Waals surface area contributed by atoms with E-state index in [1.807, 2.05) is 18.5 Å². The van der Waals surface area contributed by atoms with Gasteiger partial charge in [-0.1, -0.05) is 110 Å². The third kappa shape index (κ3) is 7.30. The van der Waals surface area contributed by atoms with E-state index < -0.39 is 0 Å². The largest absolute Gasteiger partial charge is 2.00 e. The van der Waals surface area contributed by atoms with Gasteiger partial charge in [0.05, 0.1) is 11.4 Å². The number of pyridine rings is 2. The van der Waals surface area contributed by atoms with Gasteiger partial charge < -0.3 is 20.4 Å². The minimum Gasteiger partial charge on any atom is -0.573 e. The van der Waals surface area contributed by atoms with Crippen molar-refractivity contribution >= 4 is 21.5 Å². The van der Waals surface area contributed by atoms with Crippen LogP contribution in [0.3, 0.4) is 0 Å². The Morgan fingerprint density at radius 3 is 1.60 bits per heavy atom. The fourth-order valence-corrected chi connectivity index (χ4v) is 4.68. The Bertz CT molecular complexity index is 1830.